The first kappa shape index (κ1) is 14.4. The average Bonchev–Trinajstić information content (AvgIpc) is 2.85. The van der Waals surface area contributed by atoms with E-state index in [1.807, 2.05) is 38.1 Å². The summed E-state index contributed by atoms with van der Waals surface area (Å²) in [7, 11) is 0. The Morgan fingerprint density at radius 1 is 1.37 bits per heavy atom. The quantitative estimate of drug-likeness (QED) is 0.448. The number of Topliss-reactive ketones (excluding diaryl/α,β-unsaturated/α-hetero) is 1. The van der Waals surface area contributed by atoms with Gasteiger partial charge in [-0.05, 0) is 59.0 Å². The Balaban J connectivity index is 2.00. The molecule has 100 valence electrons. The summed E-state index contributed by atoms with van der Waals surface area (Å²) in [5.74, 6) is 0.424. The fourth-order valence-corrected chi connectivity index (χ4v) is 2.71. The Morgan fingerprint density at radius 3 is 2.68 bits per heavy atom. The summed E-state index contributed by atoms with van der Waals surface area (Å²) in [6.45, 7) is 4.00. The molecule has 0 unspecified atom stereocenters. The molecule has 0 saturated heterocycles. The summed E-state index contributed by atoms with van der Waals surface area (Å²) in [5.41, 5.74) is 0.719. The van der Waals surface area contributed by atoms with Crippen molar-refractivity contribution < 1.29 is 4.79 Å². The van der Waals surface area contributed by atoms with Gasteiger partial charge in [0.2, 0.25) is 5.16 Å². The summed E-state index contributed by atoms with van der Waals surface area (Å²) in [6.07, 6.45) is 0. The Kier molecular flexibility index (Phi) is 4.92. The van der Waals surface area contributed by atoms with E-state index in [0.29, 0.717) is 10.9 Å². The van der Waals surface area contributed by atoms with Crippen LogP contribution < -0.4 is 0 Å². The lowest BCUT2D eigenvalue weighted by Crippen LogP contribution is -2.07. The van der Waals surface area contributed by atoms with Crippen molar-refractivity contribution in [2.24, 2.45) is 0 Å². The van der Waals surface area contributed by atoms with Gasteiger partial charge in [-0.15, -0.1) is 5.10 Å². The predicted octanol–water partition coefficient (Wildman–Crippen LogP) is 2.83. The molecule has 0 atom stereocenters. The zero-order valence-corrected chi connectivity index (χ0v) is 13.6. The predicted molar refractivity (Wildman–Crippen MR) is 82.4 cm³/mol. The summed E-state index contributed by atoms with van der Waals surface area (Å²) in [4.78, 5) is 12.0. The van der Waals surface area contributed by atoms with Gasteiger partial charge in [0.1, 0.15) is 0 Å². The standard InChI is InChI=1S/C12H13IN4OS/c1-8(2)17-12(14-15-16-17)19-7-11(18)9-3-5-10(13)6-4-9/h3-6,8H,7H2,1-2H3. The molecule has 0 spiro atoms. The van der Waals surface area contributed by atoms with Crippen molar-refractivity contribution in [2.45, 2.75) is 25.0 Å². The molecule has 0 fully saturated rings. The summed E-state index contributed by atoms with van der Waals surface area (Å²) < 4.78 is 2.83. The van der Waals surface area contributed by atoms with Crippen LogP contribution in [0, 0.1) is 3.57 Å². The maximum Gasteiger partial charge on any atom is 0.209 e. The summed E-state index contributed by atoms with van der Waals surface area (Å²) >= 11 is 3.58. The first-order chi connectivity index (χ1) is 9.08. The molecule has 0 amide bonds. The SMILES string of the molecule is CC(C)n1nnnc1SCC(=O)c1ccc(I)cc1. The van der Waals surface area contributed by atoms with Crippen molar-refractivity contribution in [2.75, 3.05) is 5.75 Å². The van der Waals surface area contributed by atoms with Gasteiger partial charge in [-0.25, -0.2) is 4.68 Å². The molecule has 2 aromatic rings. The molecule has 1 heterocycles. The van der Waals surface area contributed by atoms with Gasteiger partial charge in [0.25, 0.3) is 0 Å². The van der Waals surface area contributed by atoms with Crippen LogP contribution in [0.15, 0.2) is 29.4 Å². The molecule has 0 aliphatic rings. The molecule has 0 saturated carbocycles. The largest absolute Gasteiger partial charge is 0.293 e. The van der Waals surface area contributed by atoms with Gasteiger partial charge in [-0.3, -0.25) is 4.79 Å². The maximum absolute atomic E-state index is 12.0. The minimum absolute atomic E-state index is 0.0831. The van der Waals surface area contributed by atoms with E-state index >= 15 is 0 Å². The van der Waals surface area contributed by atoms with E-state index in [4.69, 9.17) is 0 Å². The number of benzene rings is 1. The Labute approximate surface area is 129 Å². The topological polar surface area (TPSA) is 60.7 Å². The van der Waals surface area contributed by atoms with Crippen LogP contribution in [0.5, 0.6) is 0 Å². The van der Waals surface area contributed by atoms with Crippen LogP contribution in [-0.4, -0.2) is 31.7 Å². The monoisotopic (exact) mass is 388 g/mol. The first-order valence-corrected chi connectivity index (χ1v) is 7.84. The Hall–Kier alpha value is -0.960. The van der Waals surface area contributed by atoms with Crippen LogP contribution in [0.3, 0.4) is 0 Å². The number of ketones is 1. The van der Waals surface area contributed by atoms with Gasteiger partial charge in [-0.2, -0.15) is 0 Å². The fraction of sp³-hybridized carbons (Fsp3) is 0.333. The van der Waals surface area contributed by atoms with Crippen molar-refractivity contribution in [1.82, 2.24) is 20.2 Å². The number of tetrazole rings is 1. The third kappa shape index (κ3) is 3.75. The van der Waals surface area contributed by atoms with Gasteiger partial charge in [0.05, 0.1) is 11.8 Å². The summed E-state index contributed by atoms with van der Waals surface area (Å²) in [5, 5.41) is 12.1. The number of thioether (sulfide) groups is 1. The number of hydrogen-bond donors (Lipinski definition) is 0. The van der Waals surface area contributed by atoms with Crippen molar-refractivity contribution >= 4 is 40.1 Å². The van der Waals surface area contributed by atoms with Crippen LogP contribution >= 0.6 is 34.4 Å². The van der Waals surface area contributed by atoms with Crippen molar-refractivity contribution in [1.29, 1.82) is 0 Å². The second kappa shape index (κ2) is 6.47. The number of nitrogens with zero attached hydrogens (tertiary/aromatic N) is 4. The van der Waals surface area contributed by atoms with E-state index in [0.717, 1.165) is 9.13 Å². The molecular weight excluding hydrogens is 375 g/mol. The number of halogens is 1. The molecule has 2 rings (SSSR count). The number of hydrogen-bond acceptors (Lipinski definition) is 5. The number of rotatable bonds is 5. The second-order valence-corrected chi connectivity index (χ2v) is 6.41. The normalized spacial score (nSPS) is 10.9. The molecule has 0 aliphatic heterocycles. The highest BCUT2D eigenvalue weighted by molar-refractivity contribution is 14.1. The zero-order valence-electron chi connectivity index (χ0n) is 10.6. The van der Waals surface area contributed by atoms with E-state index in [-0.39, 0.29) is 11.8 Å². The molecule has 7 heteroatoms. The van der Waals surface area contributed by atoms with E-state index < -0.39 is 0 Å². The third-order valence-electron chi connectivity index (χ3n) is 2.45. The van der Waals surface area contributed by atoms with Gasteiger partial charge in [0.15, 0.2) is 5.78 Å². The minimum atomic E-state index is 0.0831. The van der Waals surface area contributed by atoms with E-state index in [1.54, 1.807) is 4.68 Å². The molecule has 0 radical (unpaired) electrons. The molecule has 1 aromatic carbocycles. The fourth-order valence-electron chi connectivity index (χ4n) is 1.45. The minimum Gasteiger partial charge on any atom is -0.293 e. The van der Waals surface area contributed by atoms with Crippen molar-refractivity contribution in [3.8, 4) is 0 Å². The highest BCUT2D eigenvalue weighted by Gasteiger charge is 2.13. The Morgan fingerprint density at radius 2 is 2.05 bits per heavy atom. The van der Waals surface area contributed by atoms with Crippen LogP contribution in [-0.2, 0) is 0 Å². The number of carbonyl (C=O) groups excluding carboxylic acids is 1. The van der Waals surface area contributed by atoms with E-state index in [2.05, 4.69) is 38.1 Å². The van der Waals surface area contributed by atoms with Crippen LogP contribution in [0.4, 0.5) is 0 Å². The lowest BCUT2D eigenvalue weighted by molar-refractivity contribution is 0.102. The van der Waals surface area contributed by atoms with Crippen LogP contribution in [0.1, 0.15) is 30.2 Å². The lowest BCUT2D eigenvalue weighted by Gasteiger charge is -2.06. The van der Waals surface area contributed by atoms with Crippen LogP contribution in [0.25, 0.3) is 0 Å². The smallest absolute Gasteiger partial charge is 0.209 e. The third-order valence-corrected chi connectivity index (χ3v) is 4.10. The zero-order chi connectivity index (χ0) is 13.8. The van der Waals surface area contributed by atoms with E-state index in [1.165, 1.54) is 11.8 Å². The first-order valence-electron chi connectivity index (χ1n) is 5.77. The molecule has 5 nitrogen and oxygen atoms in total. The van der Waals surface area contributed by atoms with Gasteiger partial charge in [-0.1, -0.05) is 23.9 Å². The second-order valence-electron chi connectivity index (χ2n) is 4.22. The highest BCUT2D eigenvalue weighted by atomic mass is 127. The molecule has 19 heavy (non-hydrogen) atoms. The lowest BCUT2D eigenvalue weighted by atomic mass is 10.2. The molecule has 1 aromatic heterocycles. The average molecular weight is 388 g/mol. The van der Waals surface area contributed by atoms with Gasteiger partial charge >= 0.3 is 0 Å². The Bertz CT molecular complexity index is 567. The van der Waals surface area contributed by atoms with Gasteiger partial charge in [0, 0.05) is 9.13 Å². The van der Waals surface area contributed by atoms with Crippen molar-refractivity contribution in [3.63, 3.8) is 0 Å². The van der Waals surface area contributed by atoms with Crippen LogP contribution in [0.2, 0.25) is 0 Å². The maximum atomic E-state index is 12.0. The van der Waals surface area contributed by atoms with Gasteiger partial charge < -0.3 is 0 Å². The van der Waals surface area contributed by atoms with E-state index in [9.17, 15) is 4.79 Å². The molecule has 0 bridgehead atoms. The number of carbonyl (C=O) groups is 1. The van der Waals surface area contributed by atoms with Crippen molar-refractivity contribution in [3.05, 3.63) is 33.4 Å². The highest BCUT2D eigenvalue weighted by Crippen LogP contribution is 2.19. The number of aromatic nitrogens is 4. The molecule has 0 aliphatic carbocycles. The molecule has 0 N–H and O–H groups in total. The summed E-state index contributed by atoms with van der Waals surface area (Å²) in [6, 6.07) is 7.73. The molecular formula is C12H13IN4OS.